The van der Waals surface area contributed by atoms with Crippen LogP contribution in [0.25, 0.3) is 11.0 Å². The fourth-order valence-electron chi connectivity index (χ4n) is 2.38. The minimum absolute atomic E-state index is 0.170. The number of pyridine rings is 1. The largest absolute Gasteiger partial charge is 0.451 e. The zero-order valence-corrected chi connectivity index (χ0v) is 13.9. The number of aryl methyl sites for hydroxylation is 1. The Morgan fingerprint density at radius 1 is 1.04 bits per heavy atom. The summed E-state index contributed by atoms with van der Waals surface area (Å²) in [4.78, 5) is 28.1. The van der Waals surface area contributed by atoms with Crippen molar-refractivity contribution < 1.29 is 14.0 Å². The third-order valence-electron chi connectivity index (χ3n) is 3.75. The van der Waals surface area contributed by atoms with Crippen LogP contribution in [0.3, 0.4) is 0 Å². The highest BCUT2D eigenvalue weighted by Gasteiger charge is 2.11. The molecule has 128 valence electrons. The van der Waals surface area contributed by atoms with E-state index in [4.69, 9.17) is 4.42 Å². The number of amides is 2. The molecule has 6 heteroatoms. The molecule has 0 saturated carbocycles. The minimum Gasteiger partial charge on any atom is -0.451 e. The summed E-state index contributed by atoms with van der Waals surface area (Å²) >= 11 is 0. The molecule has 6 nitrogen and oxygen atoms in total. The smallest absolute Gasteiger partial charge is 0.287 e. The van der Waals surface area contributed by atoms with E-state index in [0.29, 0.717) is 30.7 Å². The molecule has 0 aliphatic rings. The van der Waals surface area contributed by atoms with Gasteiger partial charge in [-0.05, 0) is 37.6 Å². The number of furan rings is 1. The van der Waals surface area contributed by atoms with E-state index in [1.807, 2.05) is 31.2 Å². The second-order valence-electron chi connectivity index (χ2n) is 5.70. The first-order chi connectivity index (χ1) is 12.1. The van der Waals surface area contributed by atoms with Crippen molar-refractivity contribution >= 4 is 22.8 Å². The number of nitrogens with zero attached hydrogens (tertiary/aromatic N) is 1. The summed E-state index contributed by atoms with van der Waals surface area (Å²) in [5, 5.41) is 6.48. The van der Waals surface area contributed by atoms with Gasteiger partial charge in [-0.3, -0.25) is 14.6 Å². The molecule has 1 aromatic carbocycles. The first-order valence-electron chi connectivity index (χ1n) is 8.11. The van der Waals surface area contributed by atoms with Gasteiger partial charge in [0.25, 0.3) is 11.8 Å². The van der Waals surface area contributed by atoms with Crippen LogP contribution < -0.4 is 10.6 Å². The molecule has 0 aliphatic heterocycles. The van der Waals surface area contributed by atoms with E-state index in [2.05, 4.69) is 15.6 Å². The summed E-state index contributed by atoms with van der Waals surface area (Å²) in [7, 11) is 0. The molecule has 0 unspecified atom stereocenters. The summed E-state index contributed by atoms with van der Waals surface area (Å²) in [6.07, 6.45) is 2.17. The zero-order valence-electron chi connectivity index (χ0n) is 13.9. The molecule has 25 heavy (non-hydrogen) atoms. The summed E-state index contributed by atoms with van der Waals surface area (Å²) in [5.41, 5.74) is 2.08. The van der Waals surface area contributed by atoms with E-state index in [-0.39, 0.29) is 17.6 Å². The first kappa shape index (κ1) is 16.7. The van der Waals surface area contributed by atoms with Crippen molar-refractivity contribution in [3.05, 3.63) is 65.7 Å². The van der Waals surface area contributed by atoms with Crippen LogP contribution in [0.15, 0.2) is 53.1 Å². The Morgan fingerprint density at radius 3 is 2.52 bits per heavy atom. The number of rotatable bonds is 6. The molecule has 2 heterocycles. The highest BCUT2D eigenvalue weighted by atomic mass is 16.3. The van der Waals surface area contributed by atoms with Crippen LogP contribution in [0.5, 0.6) is 0 Å². The van der Waals surface area contributed by atoms with Crippen molar-refractivity contribution in [3.63, 3.8) is 0 Å². The molecule has 0 fully saturated rings. The minimum atomic E-state index is -0.259. The molecule has 0 bridgehead atoms. The van der Waals surface area contributed by atoms with Gasteiger partial charge >= 0.3 is 0 Å². The number of benzene rings is 1. The lowest BCUT2D eigenvalue weighted by atomic mass is 10.2. The highest BCUT2D eigenvalue weighted by molar-refractivity contribution is 5.96. The lowest BCUT2D eigenvalue weighted by Gasteiger charge is -2.06. The Bertz CT molecular complexity index is 851. The first-order valence-corrected chi connectivity index (χ1v) is 8.11. The average Bonchev–Trinajstić information content (AvgIpc) is 3.06. The third-order valence-corrected chi connectivity index (χ3v) is 3.75. The van der Waals surface area contributed by atoms with E-state index in [0.717, 1.165) is 11.1 Å². The van der Waals surface area contributed by atoms with Crippen molar-refractivity contribution in [3.8, 4) is 0 Å². The molecular formula is C19H19N3O3. The van der Waals surface area contributed by atoms with Crippen molar-refractivity contribution in [1.29, 1.82) is 0 Å². The van der Waals surface area contributed by atoms with Crippen molar-refractivity contribution in [1.82, 2.24) is 15.6 Å². The molecular weight excluding hydrogens is 318 g/mol. The Morgan fingerprint density at radius 2 is 1.80 bits per heavy atom. The second-order valence-corrected chi connectivity index (χ2v) is 5.70. The predicted octanol–water partition coefficient (Wildman–Crippen LogP) is 2.69. The highest BCUT2D eigenvalue weighted by Crippen LogP contribution is 2.18. The van der Waals surface area contributed by atoms with E-state index >= 15 is 0 Å². The number of hydrogen-bond donors (Lipinski definition) is 2. The van der Waals surface area contributed by atoms with Gasteiger partial charge in [0, 0.05) is 30.4 Å². The SMILES string of the molecule is Cc1ccc(C(=O)NCCCNC(=O)c2cc3ccccc3o2)cn1. The topological polar surface area (TPSA) is 84.2 Å². The molecule has 0 spiro atoms. The Balaban J connectivity index is 1.41. The maximum atomic E-state index is 12.1. The summed E-state index contributed by atoms with van der Waals surface area (Å²) in [5.74, 6) is -0.141. The number of fused-ring (bicyclic) bond motifs is 1. The van der Waals surface area contributed by atoms with Crippen molar-refractivity contribution in [2.24, 2.45) is 0 Å². The van der Waals surface area contributed by atoms with Gasteiger partial charge in [-0.1, -0.05) is 18.2 Å². The Kier molecular flexibility index (Phi) is 5.09. The number of carbonyl (C=O) groups is 2. The fourth-order valence-corrected chi connectivity index (χ4v) is 2.38. The van der Waals surface area contributed by atoms with Crippen molar-refractivity contribution in [2.75, 3.05) is 13.1 Å². The summed E-state index contributed by atoms with van der Waals surface area (Å²) in [6, 6.07) is 12.7. The van der Waals surface area contributed by atoms with E-state index in [9.17, 15) is 9.59 Å². The number of hydrogen-bond acceptors (Lipinski definition) is 4. The van der Waals surface area contributed by atoms with Gasteiger partial charge in [0.1, 0.15) is 5.58 Å². The van der Waals surface area contributed by atoms with Crippen LogP contribution in [0.4, 0.5) is 0 Å². The summed E-state index contributed by atoms with van der Waals surface area (Å²) in [6.45, 7) is 2.78. The van der Waals surface area contributed by atoms with Crippen LogP contribution in [-0.4, -0.2) is 29.9 Å². The molecule has 0 saturated heterocycles. The van der Waals surface area contributed by atoms with Gasteiger partial charge in [0.15, 0.2) is 5.76 Å². The fraction of sp³-hybridized carbons (Fsp3) is 0.211. The molecule has 2 N–H and O–H groups in total. The maximum absolute atomic E-state index is 12.1. The third kappa shape index (κ3) is 4.23. The van der Waals surface area contributed by atoms with Gasteiger partial charge < -0.3 is 15.1 Å². The van der Waals surface area contributed by atoms with E-state index in [1.165, 1.54) is 0 Å². The standard InChI is InChI=1S/C19H19N3O3/c1-13-7-8-15(12-22-13)18(23)20-9-4-10-21-19(24)17-11-14-5-2-3-6-16(14)25-17/h2-3,5-8,11-12H,4,9-10H2,1H3,(H,20,23)(H,21,24). The van der Waals surface area contributed by atoms with Gasteiger partial charge in [0.2, 0.25) is 0 Å². The average molecular weight is 337 g/mol. The normalized spacial score (nSPS) is 10.6. The quantitative estimate of drug-likeness (QED) is 0.677. The molecule has 2 aromatic heterocycles. The lowest BCUT2D eigenvalue weighted by molar-refractivity contribution is 0.0927. The molecule has 3 rings (SSSR count). The zero-order chi connectivity index (χ0) is 17.6. The van der Waals surface area contributed by atoms with Crippen molar-refractivity contribution in [2.45, 2.75) is 13.3 Å². The number of para-hydroxylation sites is 1. The van der Waals surface area contributed by atoms with Gasteiger partial charge in [-0.25, -0.2) is 0 Å². The van der Waals surface area contributed by atoms with E-state index in [1.54, 1.807) is 24.4 Å². The van der Waals surface area contributed by atoms with Gasteiger partial charge in [-0.2, -0.15) is 0 Å². The lowest BCUT2D eigenvalue weighted by Crippen LogP contribution is -2.29. The van der Waals surface area contributed by atoms with Crippen LogP contribution in [0.2, 0.25) is 0 Å². The maximum Gasteiger partial charge on any atom is 0.287 e. The van der Waals surface area contributed by atoms with Crippen LogP contribution >= 0.6 is 0 Å². The Hall–Kier alpha value is -3.15. The van der Waals surface area contributed by atoms with Crippen LogP contribution in [-0.2, 0) is 0 Å². The molecule has 0 radical (unpaired) electrons. The molecule has 0 atom stereocenters. The van der Waals surface area contributed by atoms with Crippen LogP contribution in [0.1, 0.15) is 33.0 Å². The number of carbonyl (C=O) groups excluding carboxylic acids is 2. The monoisotopic (exact) mass is 337 g/mol. The summed E-state index contributed by atoms with van der Waals surface area (Å²) < 4.78 is 5.50. The van der Waals surface area contributed by atoms with Gasteiger partial charge in [-0.15, -0.1) is 0 Å². The molecule has 2 amide bonds. The number of nitrogens with one attached hydrogen (secondary N) is 2. The van der Waals surface area contributed by atoms with Gasteiger partial charge in [0.05, 0.1) is 5.56 Å². The predicted molar refractivity (Wildman–Crippen MR) is 94.5 cm³/mol. The molecule has 3 aromatic rings. The molecule has 0 aliphatic carbocycles. The second kappa shape index (κ2) is 7.61. The van der Waals surface area contributed by atoms with Crippen LogP contribution in [0, 0.1) is 6.92 Å². The number of aromatic nitrogens is 1. The Labute approximate surface area is 145 Å². The van der Waals surface area contributed by atoms with E-state index < -0.39 is 0 Å².